The van der Waals surface area contributed by atoms with Gasteiger partial charge in [0.15, 0.2) is 11.5 Å². The van der Waals surface area contributed by atoms with Gasteiger partial charge in [-0.3, -0.25) is 10.2 Å². The first-order chi connectivity index (χ1) is 22.0. The normalized spacial score (nSPS) is 33.7. The first-order valence-electron chi connectivity index (χ1n) is 16.8. The van der Waals surface area contributed by atoms with Crippen LogP contribution < -0.4 is 14.8 Å². The summed E-state index contributed by atoms with van der Waals surface area (Å²) in [4.78, 5) is 16.0. The van der Waals surface area contributed by atoms with Crippen molar-refractivity contribution in [2.75, 3.05) is 32.6 Å². The summed E-state index contributed by atoms with van der Waals surface area (Å²) in [6, 6.07) is 22.9. The maximum absolute atomic E-state index is 13.2. The molecule has 5 fully saturated rings. The van der Waals surface area contributed by atoms with Gasteiger partial charge in [-0.15, -0.1) is 0 Å². The number of nitrogens with one attached hydrogen (secondary N) is 1. The van der Waals surface area contributed by atoms with E-state index in [-0.39, 0.29) is 29.5 Å². The summed E-state index contributed by atoms with van der Waals surface area (Å²) in [6.45, 7) is 2.54. The van der Waals surface area contributed by atoms with Crippen molar-refractivity contribution in [2.24, 2.45) is 11.3 Å². The van der Waals surface area contributed by atoms with Crippen molar-refractivity contribution in [2.45, 2.75) is 80.6 Å². The van der Waals surface area contributed by atoms with Crippen molar-refractivity contribution in [3.63, 3.8) is 0 Å². The third-order valence-electron chi connectivity index (χ3n) is 12.7. The third-order valence-corrected chi connectivity index (χ3v) is 12.7. The van der Waals surface area contributed by atoms with Crippen molar-refractivity contribution in [3.05, 3.63) is 89.0 Å². The average Bonchev–Trinajstić information content (AvgIpc) is 3.82. The molecule has 1 saturated heterocycles. The summed E-state index contributed by atoms with van der Waals surface area (Å²) < 4.78 is 25.6. The Bertz CT molecular complexity index is 1660. The Morgan fingerprint density at radius 1 is 1.00 bits per heavy atom. The van der Waals surface area contributed by atoms with Gasteiger partial charge in [-0.2, -0.15) is 0 Å². The van der Waals surface area contributed by atoms with Crippen LogP contribution in [-0.4, -0.2) is 56.0 Å². The molecule has 0 aromatic heterocycles. The van der Waals surface area contributed by atoms with Crippen LogP contribution in [0.3, 0.4) is 0 Å². The molecule has 5 aliphatic carbocycles. The highest BCUT2D eigenvalue weighted by molar-refractivity contribution is 5.86. The van der Waals surface area contributed by atoms with Gasteiger partial charge in [-0.1, -0.05) is 54.6 Å². The quantitative estimate of drug-likeness (QED) is 0.303. The molecule has 6 atom stereocenters. The molecule has 7 nitrogen and oxygen atoms in total. The van der Waals surface area contributed by atoms with Gasteiger partial charge < -0.3 is 18.9 Å². The Hall–Kier alpha value is -3.55. The number of fused-ring (bicyclic) bond motifs is 2. The average molecular weight is 607 g/mol. The number of likely N-dealkylation sites (tertiary alicyclic amines) is 1. The lowest BCUT2D eigenvalue weighted by atomic mass is 9.34. The van der Waals surface area contributed by atoms with Crippen molar-refractivity contribution in [1.29, 1.82) is 0 Å². The standard InChI is InChI=1S/C38H42N2O5/c1-42-30-15-14-26-20-31-36-16-17-38(43-2,34-37(36,32(26)33(30)45-34)18-19-40(31)22-24-12-13-24)28(21-36)27-10-6-7-11-29(27)39-35(41)44-23-25-8-4-3-5-9-25/h3-11,14-15,24,28,31,34H,12-13,16-23H2,1-2H3,(H,39,41)/t28-,31-,34-,36-,37+,38-/m1/s1. The number of ether oxygens (including phenoxy) is 4. The van der Waals surface area contributed by atoms with Crippen LogP contribution in [0, 0.1) is 11.3 Å². The Morgan fingerprint density at radius 3 is 2.62 bits per heavy atom. The molecule has 2 heterocycles. The van der Waals surface area contributed by atoms with Crippen LogP contribution in [0.25, 0.3) is 0 Å². The van der Waals surface area contributed by atoms with E-state index in [4.69, 9.17) is 18.9 Å². The molecule has 3 aromatic carbocycles. The second-order valence-electron chi connectivity index (χ2n) is 14.4. The topological polar surface area (TPSA) is 69.3 Å². The van der Waals surface area contributed by atoms with Gasteiger partial charge in [0, 0.05) is 47.7 Å². The molecule has 4 saturated carbocycles. The highest BCUT2D eigenvalue weighted by atomic mass is 16.6. The predicted octanol–water partition coefficient (Wildman–Crippen LogP) is 6.84. The van der Waals surface area contributed by atoms with Crippen LogP contribution in [0.2, 0.25) is 0 Å². The molecular formula is C38H42N2O5. The minimum Gasteiger partial charge on any atom is -0.493 e. The van der Waals surface area contributed by atoms with Gasteiger partial charge in [0.1, 0.15) is 18.3 Å². The summed E-state index contributed by atoms with van der Waals surface area (Å²) >= 11 is 0. The maximum atomic E-state index is 13.2. The molecule has 234 valence electrons. The Morgan fingerprint density at radius 2 is 1.82 bits per heavy atom. The molecule has 0 unspecified atom stereocenters. The number of hydrogen-bond donors (Lipinski definition) is 1. The van der Waals surface area contributed by atoms with Crippen LogP contribution in [-0.2, 0) is 27.9 Å². The summed E-state index contributed by atoms with van der Waals surface area (Å²) in [6.07, 6.45) is 7.32. The number of anilines is 1. The molecule has 2 aliphatic heterocycles. The lowest BCUT2D eigenvalue weighted by molar-refractivity contribution is -0.261. The number of carbonyl (C=O) groups is 1. The van der Waals surface area contributed by atoms with Crippen molar-refractivity contribution in [1.82, 2.24) is 4.90 Å². The number of piperidine rings is 1. The van der Waals surface area contributed by atoms with E-state index in [2.05, 4.69) is 34.5 Å². The van der Waals surface area contributed by atoms with E-state index in [1.54, 1.807) is 7.11 Å². The number of methoxy groups -OCH3 is 2. The molecule has 7 heteroatoms. The minimum atomic E-state index is -0.546. The minimum absolute atomic E-state index is 0.0430. The maximum Gasteiger partial charge on any atom is 0.411 e. The first-order valence-corrected chi connectivity index (χ1v) is 16.8. The number of benzene rings is 3. The summed E-state index contributed by atoms with van der Waals surface area (Å²) in [7, 11) is 3.63. The van der Waals surface area contributed by atoms with E-state index in [9.17, 15) is 4.79 Å². The summed E-state index contributed by atoms with van der Waals surface area (Å²) in [5.41, 5.74) is 5.08. The van der Waals surface area contributed by atoms with Crippen molar-refractivity contribution < 1.29 is 23.7 Å². The second-order valence-corrected chi connectivity index (χ2v) is 14.4. The van der Waals surface area contributed by atoms with E-state index >= 15 is 0 Å². The van der Waals surface area contributed by atoms with E-state index in [1.807, 2.05) is 49.6 Å². The second kappa shape index (κ2) is 9.97. The van der Waals surface area contributed by atoms with Crippen LogP contribution in [0.4, 0.5) is 10.5 Å². The van der Waals surface area contributed by atoms with E-state index < -0.39 is 11.7 Å². The Balaban J connectivity index is 1.13. The molecule has 45 heavy (non-hydrogen) atoms. The van der Waals surface area contributed by atoms with Crippen LogP contribution in [0.15, 0.2) is 66.7 Å². The number of amides is 1. The highest BCUT2D eigenvalue weighted by Crippen LogP contribution is 2.78. The number of para-hydroxylation sites is 1. The molecule has 2 spiro atoms. The molecule has 1 amide bonds. The van der Waals surface area contributed by atoms with Gasteiger partial charge in [0.05, 0.1) is 7.11 Å². The zero-order valence-corrected chi connectivity index (χ0v) is 26.2. The number of hydrogen-bond acceptors (Lipinski definition) is 6. The van der Waals surface area contributed by atoms with Crippen LogP contribution in [0.1, 0.15) is 66.7 Å². The highest BCUT2D eigenvalue weighted by Gasteiger charge is 2.80. The van der Waals surface area contributed by atoms with Gasteiger partial charge in [0.25, 0.3) is 0 Å². The van der Waals surface area contributed by atoms with E-state index in [0.717, 1.165) is 72.9 Å². The molecule has 0 radical (unpaired) electrons. The first kappa shape index (κ1) is 27.7. The lowest BCUT2D eigenvalue weighted by Crippen LogP contribution is -2.80. The summed E-state index contributed by atoms with van der Waals surface area (Å²) in [5.74, 6) is 2.66. The zero-order valence-electron chi connectivity index (χ0n) is 26.2. The number of carbonyl (C=O) groups excluding carboxylic acids is 1. The Labute approximate surface area is 265 Å². The fraction of sp³-hybridized carbons (Fsp3) is 0.500. The number of rotatable bonds is 8. The molecule has 10 rings (SSSR count). The number of nitrogens with zero attached hydrogens (tertiary/aromatic N) is 1. The summed E-state index contributed by atoms with van der Waals surface area (Å²) in [5, 5.41) is 3.12. The van der Waals surface area contributed by atoms with Gasteiger partial charge in [-0.25, -0.2) is 4.79 Å². The van der Waals surface area contributed by atoms with Crippen molar-refractivity contribution >= 4 is 11.8 Å². The van der Waals surface area contributed by atoms with E-state index in [1.165, 1.54) is 30.5 Å². The SMILES string of the molecule is COc1ccc2c3c1O[C@H]1[C@@]4(OC)CC[C@@]5(C[C@@H]4c4ccccc4NC(=O)OCc4ccccc4)[C@@H](C2)N(CC2CC2)CC[C@]315. The Kier molecular flexibility index (Phi) is 6.15. The lowest BCUT2D eigenvalue weighted by Gasteiger charge is -2.74. The van der Waals surface area contributed by atoms with Crippen molar-refractivity contribution in [3.8, 4) is 11.5 Å². The molecule has 7 aliphatic rings. The van der Waals surface area contributed by atoms with Crippen LogP contribution in [0.5, 0.6) is 11.5 Å². The largest absolute Gasteiger partial charge is 0.493 e. The van der Waals surface area contributed by atoms with Gasteiger partial charge in [-0.05, 0) is 86.2 Å². The molecule has 3 aromatic rings. The zero-order chi connectivity index (χ0) is 30.4. The fourth-order valence-electron chi connectivity index (χ4n) is 10.7. The molecule has 1 N–H and O–H groups in total. The molecular weight excluding hydrogens is 564 g/mol. The van der Waals surface area contributed by atoms with Gasteiger partial charge in [0.2, 0.25) is 0 Å². The molecule has 4 bridgehead atoms. The smallest absolute Gasteiger partial charge is 0.411 e. The van der Waals surface area contributed by atoms with Crippen LogP contribution >= 0.6 is 0 Å². The monoisotopic (exact) mass is 606 g/mol. The predicted molar refractivity (Wildman–Crippen MR) is 171 cm³/mol. The van der Waals surface area contributed by atoms with E-state index in [0.29, 0.717) is 6.04 Å². The van der Waals surface area contributed by atoms with Gasteiger partial charge >= 0.3 is 6.09 Å². The fourth-order valence-corrected chi connectivity index (χ4v) is 10.7. The third kappa shape index (κ3) is 3.74.